The average molecular weight is 289 g/mol. The Kier molecular flexibility index (Phi) is 3.95. The molecule has 2 rings (SSSR count). The fourth-order valence-electron chi connectivity index (χ4n) is 2.41. The van der Waals surface area contributed by atoms with Gasteiger partial charge in [-0.05, 0) is 37.3 Å². The molecule has 1 aliphatic carbocycles. The van der Waals surface area contributed by atoms with Crippen LogP contribution in [0.2, 0.25) is 0 Å². The molecule has 0 spiro atoms. The van der Waals surface area contributed by atoms with Crippen molar-refractivity contribution in [2.24, 2.45) is 5.92 Å². The number of rotatable bonds is 3. The van der Waals surface area contributed by atoms with Crippen LogP contribution in [0.5, 0.6) is 0 Å². The molecule has 0 nitrogen and oxygen atoms in total. The first kappa shape index (κ1) is 12.0. The van der Waals surface area contributed by atoms with Gasteiger partial charge in [-0.2, -0.15) is 0 Å². The van der Waals surface area contributed by atoms with E-state index in [0.717, 1.165) is 0 Å². The molecule has 1 atom stereocenters. The van der Waals surface area contributed by atoms with Crippen LogP contribution in [0, 0.1) is 17.6 Å². The SMILES string of the molecule is Fc1cccc(F)c1CC(Br)C1CCCC1. The largest absolute Gasteiger partial charge is 0.207 e. The Morgan fingerprint density at radius 2 is 1.75 bits per heavy atom. The van der Waals surface area contributed by atoms with Crippen LogP contribution in [0.3, 0.4) is 0 Å². The molecule has 1 saturated carbocycles. The average Bonchev–Trinajstić information content (AvgIpc) is 2.76. The second-order valence-electron chi connectivity index (χ2n) is 4.46. The maximum Gasteiger partial charge on any atom is 0.129 e. The third-order valence-electron chi connectivity index (χ3n) is 3.37. The van der Waals surface area contributed by atoms with E-state index in [4.69, 9.17) is 0 Å². The number of hydrogen-bond donors (Lipinski definition) is 0. The summed E-state index contributed by atoms with van der Waals surface area (Å²) >= 11 is 3.58. The number of benzene rings is 1. The Balaban J connectivity index is 2.07. The summed E-state index contributed by atoms with van der Waals surface area (Å²) in [6.45, 7) is 0. The lowest BCUT2D eigenvalue weighted by Crippen LogP contribution is -2.15. The molecule has 1 aliphatic rings. The van der Waals surface area contributed by atoms with Crippen LogP contribution in [0.15, 0.2) is 18.2 Å². The minimum atomic E-state index is -0.428. The molecule has 0 aliphatic heterocycles. The first-order valence-corrected chi connectivity index (χ1v) is 6.67. The van der Waals surface area contributed by atoms with Crippen molar-refractivity contribution < 1.29 is 8.78 Å². The van der Waals surface area contributed by atoms with Crippen molar-refractivity contribution >= 4 is 15.9 Å². The molecule has 1 fully saturated rings. The van der Waals surface area contributed by atoms with E-state index in [2.05, 4.69) is 15.9 Å². The van der Waals surface area contributed by atoms with Gasteiger partial charge in [-0.1, -0.05) is 34.8 Å². The monoisotopic (exact) mass is 288 g/mol. The van der Waals surface area contributed by atoms with Gasteiger partial charge < -0.3 is 0 Å². The normalized spacial score (nSPS) is 18.9. The topological polar surface area (TPSA) is 0 Å². The fourth-order valence-corrected chi connectivity index (χ4v) is 3.26. The lowest BCUT2D eigenvalue weighted by molar-refractivity contribution is 0.497. The first-order chi connectivity index (χ1) is 7.68. The molecule has 1 aromatic rings. The van der Waals surface area contributed by atoms with E-state index >= 15 is 0 Å². The van der Waals surface area contributed by atoms with E-state index in [0.29, 0.717) is 12.3 Å². The Morgan fingerprint density at radius 1 is 1.19 bits per heavy atom. The standard InChI is InChI=1S/C13H15BrF2/c14-11(9-4-1-2-5-9)8-10-12(15)6-3-7-13(10)16/h3,6-7,9,11H,1-2,4-5,8H2. The van der Waals surface area contributed by atoms with E-state index in [9.17, 15) is 8.78 Å². The Morgan fingerprint density at radius 3 is 2.31 bits per heavy atom. The summed E-state index contributed by atoms with van der Waals surface area (Å²) in [5, 5.41) is 0. The zero-order chi connectivity index (χ0) is 11.5. The van der Waals surface area contributed by atoms with Gasteiger partial charge in [0.25, 0.3) is 0 Å². The quantitative estimate of drug-likeness (QED) is 0.721. The molecular formula is C13H15BrF2. The molecular weight excluding hydrogens is 274 g/mol. The number of halogens is 3. The van der Waals surface area contributed by atoms with E-state index in [-0.39, 0.29) is 10.4 Å². The van der Waals surface area contributed by atoms with Crippen molar-refractivity contribution in [3.05, 3.63) is 35.4 Å². The summed E-state index contributed by atoms with van der Waals surface area (Å²) in [5.41, 5.74) is 0.219. The van der Waals surface area contributed by atoms with Crippen molar-refractivity contribution in [1.82, 2.24) is 0 Å². The third-order valence-corrected chi connectivity index (χ3v) is 4.44. The highest BCUT2D eigenvalue weighted by molar-refractivity contribution is 9.09. The first-order valence-electron chi connectivity index (χ1n) is 5.75. The van der Waals surface area contributed by atoms with Crippen molar-refractivity contribution in [3.8, 4) is 0 Å². The van der Waals surface area contributed by atoms with Crippen LogP contribution in [-0.2, 0) is 6.42 Å². The molecule has 0 radical (unpaired) electrons. The third kappa shape index (κ3) is 2.62. The summed E-state index contributed by atoms with van der Waals surface area (Å²) in [5.74, 6) is -0.288. The van der Waals surface area contributed by atoms with Crippen molar-refractivity contribution in [3.63, 3.8) is 0 Å². The summed E-state index contributed by atoms with van der Waals surface area (Å²) in [7, 11) is 0. The maximum atomic E-state index is 13.4. The van der Waals surface area contributed by atoms with Crippen LogP contribution < -0.4 is 0 Å². The minimum Gasteiger partial charge on any atom is -0.207 e. The van der Waals surface area contributed by atoms with Gasteiger partial charge in [0.15, 0.2) is 0 Å². The summed E-state index contributed by atoms with van der Waals surface area (Å²) in [6, 6.07) is 4.06. The molecule has 0 aromatic heterocycles. The van der Waals surface area contributed by atoms with Gasteiger partial charge >= 0.3 is 0 Å². The second kappa shape index (κ2) is 5.26. The van der Waals surface area contributed by atoms with Gasteiger partial charge in [0.2, 0.25) is 0 Å². The highest BCUT2D eigenvalue weighted by Crippen LogP contribution is 2.33. The Hall–Kier alpha value is -0.440. The number of hydrogen-bond acceptors (Lipinski definition) is 0. The maximum absolute atomic E-state index is 13.4. The van der Waals surface area contributed by atoms with E-state index in [1.165, 1.54) is 43.9 Å². The van der Waals surface area contributed by atoms with Crippen molar-refractivity contribution in [2.45, 2.75) is 36.9 Å². The number of alkyl halides is 1. The van der Waals surface area contributed by atoms with Crippen LogP contribution in [0.1, 0.15) is 31.2 Å². The molecule has 0 heterocycles. The highest BCUT2D eigenvalue weighted by atomic mass is 79.9. The van der Waals surface area contributed by atoms with Gasteiger partial charge in [0, 0.05) is 10.4 Å². The van der Waals surface area contributed by atoms with Gasteiger partial charge in [-0.25, -0.2) is 8.78 Å². The van der Waals surface area contributed by atoms with Gasteiger partial charge in [0.05, 0.1) is 0 Å². The minimum absolute atomic E-state index is 0.196. The van der Waals surface area contributed by atoms with Crippen LogP contribution >= 0.6 is 15.9 Å². The molecule has 1 unspecified atom stereocenters. The zero-order valence-corrected chi connectivity index (χ0v) is 10.6. The van der Waals surface area contributed by atoms with Crippen molar-refractivity contribution in [1.29, 1.82) is 0 Å². The molecule has 0 bridgehead atoms. The summed E-state index contributed by atoms with van der Waals surface area (Å²) < 4.78 is 26.9. The van der Waals surface area contributed by atoms with E-state index < -0.39 is 11.6 Å². The second-order valence-corrected chi connectivity index (χ2v) is 5.64. The molecule has 0 N–H and O–H groups in total. The van der Waals surface area contributed by atoms with Gasteiger partial charge in [-0.15, -0.1) is 0 Å². The van der Waals surface area contributed by atoms with Crippen LogP contribution in [0.4, 0.5) is 8.78 Å². The predicted molar refractivity (Wildman–Crippen MR) is 64.7 cm³/mol. The van der Waals surface area contributed by atoms with Crippen molar-refractivity contribution in [2.75, 3.05) is 0 Å². The van der Waals surface area contributed by atoms with Gasteiger partial charge in [0.1, 0.15) is 11.6 Å². The zero-order valence-electron chi connectivity index (χ0n) is 9.06. The van der Waals surface area contributed by atoms with Gasteiger partial charge in [-0.3, -0.25) is 0 Å². The predicted octanol–water partition coefficient (Wildman–Crippen LogP) is 4.46. The van der Waals surface area contributed by atoms with E-state index in [1.54, 1.807) is 0 Å². The molecule has 3 heteroatoms. The molecule has 16 heavy (non-hydrogen) atoms. The molecule has 88 valence electrons. The Labute approximate surface area is 103 Å². The van der Waals surface area contributed by atoms with E-state index in [1.807, 2.05) is 0 Å². The Bertz CT molecular complexity index is 339. The molecule has 1 aromatic carbocycles. The summed E-state index contributed by atoms with van der Waals surface area (Å²) in [6.07, 6.45) is 5.28. The smallest absolute Gasteiger partial charge is 0.129 e. The fraction of sp³-hybridized carbons (Fsp3) is 0.538. The lowest BCUT2D eigenvalue weighted by Gasteiger charge is -2.17. The molecule has 0 amide bonds. The van der Waals surface area contributed by atoms with Crippen LogP contribution in [0.25, 0.3) is 0 Å². The molecule has 0 saturated heterocycles. The van der Waals surface area contributed by atoms with Crippen LogP contribution in [-0.4, -0.2) is 4.83 Å². The summed E-state index contributed by atoms with van der Waals surface area (Å²) in [4.78, 5) is 0.196. The highest BCUT2D eigenvalue weighted by Gasteiger charge is 2.24. The lowest BCUT2D eigenvalue weighted by atomic mass is 9.97.